The molecule has 7 nitrogen and oxygen atoms in total. The fourth-order valence-corrected chi connectivity index (χ4v) is 5.93. The molecule has 4 unspecified atom stereocenters. The number of aliphatic carboxylic acids is 1. The molecule has 1 fully saturated rings. The minimum absolute atomic E-state index is 0.0937. The lowest BCUT2D eigenvalue weighted by Crippen LogP contribution is -2.35. The zero-order valence-electron chi connectivity index (χ0n) is 17.1. The van der Waals surface area contributed by atoms with E-state index in [-0.39, 0.29) is 36.7 Å². The van der Waals surface area contributed by atoms with Crippen LogP contribution in [0.4, 0.5) is 0 Å². The van der Waals surface area contributed by atoms with Crippen LogP contribution in [-0.4, -0.2) is 43.4 Å². The Morgan fingerprint density at radius 3 is 2.65 bits per heavy atom. The quantitative estimate of drug-likeness (QED) is 0.546. The molecule has 0 radical (unpaired) electrons. The second-order valence-corrected chi connectivity index (χ2v) is 10.1. The van der Waals surface area contributed by atoms with Gasteiger partial charge in [0, 0.05) is 36.8 Å². The van der Waals surface area contributed by atoms with E-state index in [0.29, 0.717) is 24.8 Å². The molecule has 166 valence electrons. The van der Waals surface area contributed by atoms with Crippen molar-refractivity contribution >= 4 is 16.0 Å². The summed E-state index contributed by atoms with van der Waals surface area (Å²) in [5.74, 6) is -0.538. The fourth-order valence-electron chi connectivity index (χ4n) is 4.75. The SMILES string of the molecule is O=C(O)CCCc1cccc2c1OC1CC(O)C(CNS(=O)(=O)Cc3ccccc3)C21. The number of aryl methyl sites for hydroxylation is 1. The van der Waals surface area contributed by atoms with Gasteiger partial charge in [-0.3, -0.25) is 4.79 Å². The second kappa shape index (κ2) is 8.98. The molecule has 4 rings (SSSR count). The highest BCUT2D eigenvalue weighted by molar-refractivity contribution is 7.88. The summed E-state index contributed by atoms with van der Waals surface area (Å²) in [6.45, 7) is 0.142. The number of aliphatic hydroxyl groups excluding tert-OH is 1. The summed E-state index contributed by atoms with van der Waals surface area (Å²) in [5, 5.41) is 19.5. The van der Waals surface area contributed by atoms with E-state index in [4.69, 9.17) is 9.84 Å². The molecule has 0 saturated heterocycles. The van der Waals surface area contributed by atoms with Gasteiger partial charge in [-0.15, -0.1) is 0 Å². The van der Waals surface area contributed by atoms with Gasteiger partial charge in [0.2, 0.25) is 10.0 Å². The highest BCUT2D eigenvalue weighted by atomic mass is 32.2. The topological polar surface area (TPSA) is 113 Å². The number of hydrogen-bond donors (Lipinski definition) is 3. The Labute approximate surface area is 182 Å². The van der Waals surface area contributed by atoms with Crippen molar-refractivity contribution in [3.05, 3.63) is 65.2 Å². The number of sulfonamides is 1. The maximum absolute atomic E-state index is 12.6. The number of nitrogens with one attached hydrogen (secondary N) is 1. The number of benzene rings is 2. The van der Waals surface area contributed by atoms with Crippen molar-refractivity contribution in [1.29, 1.82) is 0 Å². The van der Waals surface area contributed by atoms with Gasteiger partial charge >= 0.3 is 5.97 Å². The van der Waals surface area contributed by atoms with Gasteiger partial charge in [0.15, 0.2) is 0 Å². The number of aliphatic hydroxyl groups is 1. The van der Waals surface area contributed by atoms with E-state index in [1.807, 2.05) is 24.3 Å². The molecule has 1 heterocycles. The third-order valence-electron chi connectivity index (χ3n) is 6.16. The Balaban J connectivity index is 1.46. The maximum atomic E-state index is 12.6. The molecule has 3 N–H and O–H groups in total. The molecule has 2 aromatic rings. The standard InChI is InChI=1S/C23H27NO6S/c25-19-12-20-22(17-10-4-8-16(23(17)30-20)9-5-11-21(26)27)18(19)13-24-31(28,29)14-15-6-2-1-3-7-15/h1-4,6-8,10,18-20,22,24-25H,5,9,11-14H2,(H,26,27). The Kier molecular flexibility index (Phi) is 6.31. The number of carbonyl (C=O) groups is 1. The van der Waals surface area contributed by atoms with Gasteiger partial charge in [-0.2, -0.15) is 0 Å². The third kappa shape index (κ3) is 4.92. The highest BCUT2D eigenvalue weighted by Gasteiger charge is 2.50. The Morgan fingerprint density at radius 2 is 1.90 bits per heavy atom. The van der Waals surface area contributed by atoms with Gasteiger partial charge in [-0.25, -0.2) is 13.1 Å². The minimum Gasteiger partial charge on any atom is -0.489 e. The molecule has 1 aliphatic carbocycles. The summed E-state index contributed by atoms with van der Waals surface area (Å²) >= 11 is 0. The zero-order valence-corrected chi connectivity index (χ0v) is 17.9. The van der Waals surface area contributed by atoms with Crippen molar-refractivity contribution < 1.29 is 28.2 Å². The molecule has 0 aromatic heterocycles. The van der Waals surface area contributed by atoms with Gasteiger partial charge in [-0.05, 0) is 24.0 Å². The normalized spacial score (nSPS) is 24.4. The lowest BCUT2D eigenvalue weighted by Gasteiger charge is -2.21. The molecule has 2 aromatic carbocycles. The molecular weight excluding hydrogens is 418 g/mol. The van der Waals surface area contributed by atoms with Crippen molar-refractivity contribution in [3.63, 3.8) is 0 Å². The molecule has 4 atom stereocenters. The van der Waals surface area contributed by atoms with Crippen molar-refractivity contribution in [2.75, 3.05) is 6.54 Å². The number of carboxylic acids is 1. The van der Waals surface area contributed by atoms with Crippen LogP contribution >= 0.6 is 0 Å². The first-order chi connectivity index (χ1) is 14.8. The molecule has 8 heteroatoms. The number of para-hydroxylation sites is 1. The molecule has 0 bridgehead atoms. The van der Waals surface area contributed by atoms with E-state index >= 15 is 0 Å². The summed E-state index contributed by atoms with van der Waals surface area (Å²) in [4.78, 5) is 10.8. The van der Waals surface area contributed by atoms with Gasteiger partial charge in [0.1, 0.15) is 11.9 Å². The van der Waals surface area contributed by atoms with Crippen molar-refractivity contribution in [2.24, 2.45) is 5.92 Å². The third-order valence-corrected chi connectivity index (χ3v) is 7.48. The fraction of sp³-hybridized carbons (Fsp3) is 0.435. The van der Waals surface area contributed by atoms with Crippen LogP contribution in [0.3, 0.4) is 0 Å². The summed E-state index contributed by atoms with van der Waals surface area (Å²) in [5.41, 5.74) is 2.65. The predicted octanol–water partition coefficient (Wildman–Crippen LogP) is 2.44. The monoisotopic (exact) mass is 445 g/mol. The lowest BCUT2D eigenvalue weighted by molar-refractivity contribution is -0.137. The first kappa shape index (κ1) is 21.8. The molecule has 1 saturated carbocycles. The van der Waals surface area contributed by atoms with E-state index < -0.39 is 22.1 Å². The highest BCUT2D eigenvalue weighted by Crippen LogP contribution is 2.51. The van der Waals surface area contributed by atoms with Crippen LogP contribution in [0.25, 0.3) is 0 Å². The maximum Gasteiger partial charge on any atom is 0.303 e. The molecular formula is C23H27NO6S. The molecule has 1 aliphatic heterocycles. The zero-order chi connectivity index (χ0) is 22.0. The molecule has 31 heavy (non-hydrogen) atoms. The summed E-state index contributed by atoms with van der Waals surface area (Å²) < 4.78 is 34.0. The van der Waals surface area contributed by atoms with Crippen LogP contribution in [0, 0.1) is 5.92 Å². The first-order valence-electron chi connectivity index (χ1n) is 10.5. The van der Waals surface area contributed by atoms with Gasteiger partial charge < -0.3 is 14.9 Å². The van der Waals surface area contributed by atoms with Crippen LogP contribution < -0.4 is 9.46 Å². The average molecular weight is 446 g/mol. The number of fused-ring (bicyclic) bond motifs is 3. The van der Waals surface area contributed by atoms with Gasteiger partial charge in [0.25, 0.3) is 0 Å². The van der Waals surface area contributed by atoms with Gasteiger partial charge in [-0.1, -0.05) is 48.5 Å². The average Bonchev–Trinajstić information content (AvgIpc) is 3.22. The van der Waals surface area contributed by atoms with E-state index in [2.05, 4.69) is 4.72 Å². The van der Waals surface area contributed by atoms with Crippen LogP contribution in [0.2, 0.25) is 0 Å². The predicted molar refractivity (Wildman–Crippen MR) is 115 cm³/mol. The molecule has 2 aliphatic rings. The molecule has 0 amide bonds. The lowest BCUT2D eigenvalue weighted by atomic mass is 9.87. The summed E-state index contributed by atoms with van der Waals surface area (Å²) in [6.07, 6.45) is 0.814. The smallest absolute Gasteiger partial charge is 0.303 e. The van der Waals surface area contributed by atoms with E-state index in [9.17, 15) is 18.3 Å². The van der Waals surface area contributed by atoms with E-state index in [0.717, 1.165) is 16.9 Å². The largest absolute Gasteiger partial charge is 0.489 e. The van der Waals surface area contributed by atoms with Crippen molar-refractivity contribution in [1.82, 2.24) is 4.72 Å². The molecule has 0 spiro atoms. The number of ether oxygens (including phenoxy) is 1. The van der Waals surface area contributed by atoms with Crippen LogP contribution in [-0.2, 0) is 27.0 Å². The van der Waals surface area contributed by atoms with Crippen molar-refractivity contribution in [3.8, 4) is 5.75 Å². The number of rotatable bonds is 9. The summed E-state index contributed by atoms with van der Waals surface area (Å²) in [7, 11) is -3.54. The Hall–Kier alpha value is -2.42. The Morgan fingerprint density at radius 1 is 1.13 bits per heavy atom. The van der Waals surface area contributed by atoms with Crippen LogP contribution in [0.15, 0.2) is 48.5 Å². The van der Waals surface area contributed by atoms with E-state index in [1.54, 1.807) is 24.3 Å². The number of hydrogen-bond acceptors (Lipinski definition) is 5. The Bertz CT molecular complexity index is 1040. The number of carboxylic acid groups (broad SMARTS) is 1. The first-order valence-corrected chi connectivity index (χ1v) is 12.2. The van der Waals surface area contributed by atoms with Crippen LogP contribution in [0.5, 0.6) is 5.75 Å². The van der Waals surface area contributed by atoms with Gasteiger partial charge in [0.05, 0.1) is 11.9 Å². The van der Waals surface area contributed by atoms with E-state index in [1.165, 1.54) is 0 Å². The van der Waals surface area contributed by atoms with Crippen LogP contribution in [0.1, 0.15) is 41.9 Å². The van der Waals surface area contributed by atoms with Crippen molar-refractivity contribution in [2.45, 2.75) is 49.6 Å². The summed E-state index contributed by atoms with van der Waals surface area (Å²) in [6, 6.07) is 14.8. The second-order valence-electron chi connectivity index (χ2n) is 8.32. The minimum atomic E-state index is -3.54.